The van der Waals surface area contributed by atoms with Crippen LogP contribution in [-0.2, 0) is 0 Å². The van der Waals surface area contributed by atoms with Gasteiger partial charge in [-0.15, -0.1) is 0 Å². The molecule has 0 saturated heterocycles. The second-order valence-corrected chi connectivity index (χ2v) is 0. The molecular weight excluding hydrogens is 505 g/mol. The van der Waals surface area contributed by atoms with Crippen LogP contribution in [0.4, 0.5) is 0 Å². The fourth-order valence-corrected chi connectivity index (χ4v) is 0. The van der Waals surface area contributed by atoms with E-state index in [1.807, 2.05) is 0 Å². The Morgan fingerprint density at radius 1 is 0.333 bits per heavy atom. The SMILES string of the molecule is [Cl-].[Cl-].[Cl-].[Cs+].[Cs+].[Cs+]. The van der Waals surface area contributed by atoms with Crippen LogP contribution in [0.25, 0.3) is 0 Å². The standard InChI is InChI=1S/3ClH.3Cs/h3*1H;;;/q;;;3*+1/p-3. The minimum absolute atomic E-state index is 0. The number of halogens is 3. The molecule has 0 bridgehead atoms. The minimum Gasteiger partial charge on any atom is -1.00 e. The molecule has 0 aliphatic heterocycles. The Morgan fingerprint density at radius 2 is 0.333 bits per heavy atom. The van der Waals surface area contributed by atoms with Gasteiger partial charge in [-0.25, -0.2) is 0 Å². The maximum atomic E-state index is 0. The fourth-order valence-electron chi connectivity index (χ4n) is 0. The zero-order valence-corrected chi connectivity index (χ0v) is 25.2. The zero-order valence-electron chi connectivity index (χ0n) is 4.13. The first kappa shape index (κ1) is 38.2. The van der Waals surface area contributed by atoms with E-state index in [2.05, 4.69) is 0 Å². The minimum atomic E-state index is 0. The monoisotopic (exact) mass is 504 g/mol. The smallest absolute Gasteiger partial charge is 1.00 e. The van der Waals surface area contributed by atoms with Crippen molar-refractivity contribution in [2.45, 2.75) is 0 Å². The van der Waals surface area contributed by atoms with Gasteiger partial charge in [0.1, 0.15) is 0 Å². The summed E-state index contributed by atoms with van der Waals surface area (Å²) in [5, 5.41) is 0. The maximum Gasteiger partial charge on any atom is 1.00 e. The normalized spacial score (nSPS) is 0. The van der Waals surface area contributed by atoms with E-state index in [-0.39, 0.29) is 244 Å². The molecule has 0 nitrogen and oxygen atoms in total. The molecule has 0 aromatic carbocycles. The zero-order chi connectivity index (χ0) is 0. The molecule has 0 aromatic heterocycles. The van der Waals surface area contributed by atoms with Gasteiger partial charge in [0.2, 0.25) is 0 Å². The Balaban J connectivity index is 0. The first-order valence-electron chi connectivity index (χ1n) is 0. The van der Waals surface area contributed by atoms with Gasteiger partial charge in [0, 0.05) is 0 Å². The summed E-state index contributed by atoms with van der Waals surface area (Å²) in [6.07, 6.45) is 0. The van der Waals surface area contributed by atoms with Gasteiger partial charge in [0.05, 0.1) is 0 Å². The average molecular weight is 505 g/mol. The molecule has 6 heteroatoms. The third kappa shape index (κ3) is 22.5. The van der Waals surface area contributed by atoms with E-state index >= 15 is 0 Å². The molecule has 0 fully saturated rings. The first-order chi connectivity index (χ1) is 0. The van der Waals surface area contributed by atoms with E-state index in [1.165, 1.54) is 0 Å². The predicted molar refractivity (Wildman–Crippen MR) is 0 cm³/mol. The molecule has 0 atom stereocenters. The summed E-state index contributed by atoms with van der Waals surface area (Å²) >= 11 is 0. The van der Waals surface area contributed by atoms with E-state index in [9.17, 15) is 0 Å². The largest absolute Gasteiger partial charge is 1.00 e. The van der Waals surface area contributed by atoms with E-state index in [1.54, 1.807) is 0 Å². The van der Waals surface area contributed by atoms with Crippen LogP contribution in [-0.4, -0.2) is 0 Å². The van der Waals surface area contributed by atoms with Gasteiger partial charge >= 0.3 is 207 Å². The molecule has 24 valence electrons. The number of rotatable bonds is 0. The van der Waals surface area contributed by atoms with Gasteiger partial charge < -0.3 is 37.2 Å². The van der Waals surface area contributed by atoms with Crippen molar-refractivity contribution in [2.75, 3.05) is 0 Å². The Kier molecular flexibility index (Phi) is 188. The van der Waals surface area contributed by atoms with Crippen molar-refractivity contribution in [1.82, 2.24) is 0 Å². The summed E-state index contributed by atoms with van der Waals surface area (Å²) in [5.41, 5.74) is 0. The molecule has 6 heavy (non-hydrogen) atoms. The second-order valence-electron chi connectivity index (χ2n) is 0. The van der Waals surface area contributed by atoms with Gasteiger partial charge in [-0.1, -0.05) is 0 Å². The Hall–Kier alpha value is 7.03. The first-order valence-corrected chi connectivity index (χ1v) is 0. The van der Waals surface area contributed by atoms with Crippen LogP contribution in [0.15, 0.2) is 0 Å². The molecule has 0 heterocycles. The maximum absolute atomic E-state index is 0. The molecule has 0 spiro atoms. The Labute approximate surface area is 234 Å². The number of hydrogen-bond donors (Lipinski definition) is 0. The number of hydrogen-bond acceptors (Lipinski definition) is 0. The molecule has 0 aromatic rings. The molecule has 0 saturated carbocycles. The van der Waals surface area contributed by atoms with Crippen LogP contribution < -0.4 is 244 Å². The summed E-state index contributed by atoms with van der Waals surface area (Å²) in [5.74, 6) is 0. The van der Waals surface area contributed by atoms with E-state index < -0.39 is 0 Å². The van der Waals surface area contributed by atoms with E-state index in [0.717, 1.165) is 0 Å². The van der Waals surface area contributed by atoms with Gasteiger partial charge in [-0.3, -0.25) is 0 Å². The summed E-state index contributed by atoms with van der Waals surface area (Å²) in [6.45, 7) is 0. The molecule has 0 rings (SSSR count). The summed E-state index contributed by atoms with van der Waals surface area (Å²) in [6, 6.07) is 0. The fraction of sp³-hybridized carbons (Fsp3) is 0. The van der Waals surface area contributed by atoms with Crippen LogP contribution in [0.1, 0.15) is 0 Å². The molecule has 0 aliphatic carbocycles. The van der Waals surface area contributed by atoms with Gasteiger partial charge in [-0.05, 0) is 0 Å². The predicted octanol–water partition coefficient (Wildman–Crippen LogP) is -18.0. The van der Waals surface area contributed by atoms with E-state index in [0.29, 0.717) is 0 Å². The molecule has 0 aliphatic rings. The molecule has 0 radical (unpaired) electrons. The van der Waals surface area contributed by atoms with E-state index in [4.69, 9.17) is 0 Å². The Morgan fingerprint density at radius 3 is 0.333 bits per heavy atom. The van der Waals surface area contributed by atoms with Crippen LogP contribution in [0.5, 0.6) is 0 Å². The molecular formula is Cl3Cs3. The summed E-state index contributed by atoms with van der Waals surface area (Å²) < 4.78 is 0. The molecule has 0 amide bonds. The summed E-state index contributed by atoms with van der Waals surface area (Å²) in [7, 11) is 0. The van der Waals surface area contributed by atoms with Gasteiger partial charge in [0.15, 0.2) is 0 Å². The third-order valence-electron chi connectivity index (χ3n) is 0. The van der Waals surface area contributed by atoms with Crippen LogP contribution in [0, 0.1) is 0 Å². The van der Waals surface area contributed by atoms with Crippen molar-refractivity contribution in [1.29, 1.82) is 0 Å². The van der Waals surface area contributed by atoms with Crippen molar-refractivity contribution in [2.24, 2.45) is 0 Å². The Bertz CT molecular complexity index is 6.00. The van der Waals surface area contributed by atoms with Crippen molar-refractivity contribution in [3.63, 3.8) is 0 Å². The van der Waals surface area contributed by atoms with Crippen molar-refractivity contribution >= 4 is 0 Å². The van der Waals surface area contributed by atoms with Crippen LogP contribution >= 0.6 is 0 Å². The summed E-state index contributed by atoms with van der Waals surface area (Å²) in [4.78, 5) is 0. The molecule has 0 unspecified atom stereocenters. The van der Waals surface area contributed by atoms with Crippen molar-refractivity contribution in [3.05, 3.63) is 0 Å². The van der Waals surface area contributed by atoms with Crippen LogP contribution in [0.2, 0.25) is 0 Å². The topological polar surface area (TPSA) is 0 Å². The van der Waals surface area contributed by atoms with Crippen LogP contribution in [0.3, 0.4) is 0 Å². The van der Waals surface area contributed by atoms with Crippen molar-refractivity contribution in [3.8, 4) is 0 Å². The molecule has 0 N–H and O–H groups in total. The third-order valence-corrected chi connectivity index (χ3v) is 0. The van der Waals surface area contributed by atoms with Gasteiger partial charge in [-0.2, -0.15) is 0 Å². The average Bonchev–Trinajstić information content (AvgIpc) is 0. The van der Waals surface area contributed by atoms with Gasteiger partial charge in [0.25, 0.3) is 0 Å². The quantitative estimate of drug-likeness (QED) is 0.307. The van der Waals surface area contributed by atoms with Crippen molar-refractivity contribution < 1.29 is 244 Å². The second kappa shape index (κ2) is 29.6.